The topological polar surface area (TPSA) is 69.4 Å². The second kappa shape index (κ2) is 4.83. The molecule has 106 valence electrons. The van der Waals surface area contributed by atoms with Crippen molar-refractivity contribution >= 4 is 16.6 Å². The number of methoxy groups -OCH3 is 2. The highest BCUT2D eigenvalue weighted by Gasteiger charge is 2.41. The predicted octanol–water partition coefficient (Wildman–Crippen LogP) is 2.16. The van der Waals surface area contributed by atoms with Crippen LogP contribution in [0.15, 0.2) is 24.4 Å². The van der Waals surface area contributed by atoms with E-state index in [1.54, 1.807) is 20.4 Å². The smallest absolute Gasteiger partial charge is 0.161 e. The van der Waals surface area contributed by atoms with Crippen LogP contribution in [-0.4, -0.2) is 31.3 Å². The standard InChI is InChI=1S/C15H19N3O2/c1-19-12-7-10-3-6-17-14(11(10)8-13(12)20-2)18-15(9-16)4-5-15/h3,6-8H,4-5,9,16H2,1-2H3,(H,17,18). The maximum absolute atomic E-state index is 5.83. The lowest BCUT2D eigenvalue weighted by Crippen LogP contribution is -2.31. The van der Waals surface area contributed by atoms with Gasteiger partial charge in [-0.3, -0.25) is 0 Å². The van der Waals surface area contributed by atoms with E-state index in [1.165, 1.54) is 0 Å². The van der Waals surface area contributed by atoms with Gasteiger partial charge in [0, 0.05) is 18.1 Å². The summed E-state index contributed by atoms with van der Waals surface area (Å²) in [6.45, 7) is 0.623. The van der Waals surface area contributed by atoms with Crippen molar-refractivity contribution in [3.8, 4) is 11.5 Å². The van der Waals surface area contributed by atoms with Crippen LogP contribution >= 0.6 is 0 Å². The van der Waals surface area contributed by atoms with Gasteiger partial charge in [0.15, 0.2) is 11.5 Å². The monoisotopic (exact) mass is 273 g/mol. The Hall–Kier alpha value is -2.01. The van der Waals surface area contributed by atoms with Gasteiger partial charge in [0.1, 0.15) is 5.82 Å². The molecule has 3 N–H and O–H groups in total. The van der Waals surface area contributed by atoms with Crippen molar-refractivity contribution in [1.82, 2.24) is 4.98 Å². The van der Waals surface area contributed by atoms with E-state index in [-0.39, 0.29) is 5.54 Å². The zero-order chi connectivity index (χ0) is 14.2. The molecule has 1 aromatic heterocycles. The molecule has 3 rings (SSSR count). The molecule has 1 fully saturated rings. The number of nitrogens with zero attached hydrogens (tertiary/aromatic N) is 1. The fourth-order valence-electron chi connectivity index (χ4n) is 2.38. The molecule has 0 amide bonds. The van der Waals surface area contributed by atoms with Crippen molar-refractivity contribution in [2.75, 3.05) is 26.1 Å². The molecule has 1 aliphatic carbocycles. The molecule has 5 nitrogen and oxygen atoms in total. The summed E-state index contributed by atoms with van der Waals surface area (Å²) in [5.41, 5.74) is 5.85. The molecule has 2 aromatic rings. The average molecular weight is 273 g/mol. The lowest BCUT2D eigenvalue weighted by atomic mass is 10.1. The van der Waals surface area contributed by atoms with E-state index in [2.05, 4.69) is 10.3 Å². The first-order valence-electron chi connectivity index (χ1n) is 6.70. The number of pyridine rings is 1. The molecular weight excluding hydrogens is 254 g/mol. The molecular formula is C15H19N3O2. The van der Waals surface area contributed by atoms with Gasteiger partial charge in [-0.2, -0.15) is 0 Å². The lowest BCUT2D eigenvalue weighted by molar-refractivity contribution is 0.356. The molecule has 0 spiro atoms. The number of hydrogen-bond donors (Lipinski definition) is 2. The Balaban J connectivity index is 2.08. The Morgan fingerprint density at radius 2 is 1.95 bits per heavy atom. The molecule has 1 saturated carbocycles. The molecule has 0 bridgehead atoms. The summed E-state index contributed by atoms with van der Waals surface area (Å²) in [4.78, 5) is 4.45. The number of hydrogen-bond acceptors (Lipinski definition) is 5. The number of fused-ring (bicyclic) bond motifs is 1. The molecule has 5 heteroatoms. The fourth-order valence-corrected chi connectivity index (χ4v) is 2.38. The van der Waals surface area contributed by atoms with E-state index in [1.807, 2.05) is 18.2 Å². The molecule has 1 heterocycles. The summed E-state index contributed by atoms with van der Waals surface area (Å²) >= 11 is 0. The molecule has 0 aliphatic heterocycles. The van der Waals surface area contributed by atoms with Crippen molar-refractivity contribution in [1.29, 1.82) is 0 Å². The van der Waals surface area contributed by atoms with Gasteiger partial charge in [-0.25, -0.2) is 4.98 Å². The molecule has 0 unspecified atom stereocenters. The highest BCUT2D eigenvalue weighted by molar-refractivity contribution is 5.94. The largest absolute Gasteiger partial charge is 0.493 e. The highest BCUT2D eigenvalue weighted by Crippen LogP contribution is 2.40. The minimum atomic E-state index is 0.0223. The predicted molar refractivity (Wildman–Crippen MR) is 79.5 cm³/mol. The Labute approximate surface area is 118 Å². The van der Waals surface area contributed by atoms with Crippen LogP contribution in [0.4, 0.5) is 5.82 Å². The van der Waals surface area contributed by atoms with Crippen LogP contribution in [0, 0.1) is 0 Å². The molecule has 1 aromatic carbocycles. The van der Waals surface area contributed by atoms with Crippen LogP contribution in [0.1, 0.15) is 12.8 Å². The number of ether oxygens (including phenoxy) is 2. The summed E-state index contributed by atoms with van der Waals surface area (Å²) in [5, 5.41) is 5.56. The van der Waals surface area contributed by atoms with Crippen LogP contribution in [0.5, 0.6) is 11.5 Å². The number of nitrogens with one attached hydrogen (secondary N) is 1. The summed E-state index contributed by atoms with van der Waals surface area (Å²) in [6, 6.07) is 5.88. The third-order valence-corrected chi connectivity index (χ3v) is 3.90. The first-order valence-corrected chi connectivity index (χ1v) is 6.70. The molecule has 0 saturated heterocycles. The first kappa shape index (κ1) is 13.0. The number of anilines is 1. The zero-order valence-corrected chi connectivity index (χ0v) is 11.8. The summed E-state index contributed by atoms with van der Waals surface area (Å²) < 4.78 is 10.7. The van der Waals surface area contributed by atoms with Crippen LogP contribution in [0.2, 0.25) is 0 Å². The van der Waals surface area contributed by atoms with E-state index in [9.17, 15) is 0 Å². The summed E-state index contributed by atoms with van der Waals surface area (Å²) in [6.07, 6.45) is 3.98. The molecule has 1 aliphatic rings. The number of nitrogens with two attached hydrogens (primary N) is 1. The van der Waals surface area contributed by atoms with Crippen molar-refractivity contribution < 1.29 is 9.47 Å². The van der Waals surface area contributed by atoms with E-state index in [0.717, 1.165) is 35.2 Å². The van der Waals surface area contributed by atoms with E-state index in [0.29, 0.717) is 12.3 Å². The maximum atomic E-state index is 5.83. The Morgan fingerprint density at radius 3 is 2.55 bits per heavy atom. The Morgan fingerprint density at radius 1 is 1.25 bits per heavy atom. The van der Waals surface area contributed by atoms with Gasteiger partial charge in [-0.05, 0) is 36.4 Å². The third kappa shape index (κ3) is 2.14. The minimum absolute atomic E-state index is 0.0223. The maximum Gasteiger partial charge on any atom is 0.161 e. The van der Waals surface area contributed by atoms with Gasteiger partial charge in [0.05, 0.1) is 19.8 Å². The van der Waals surface area contributed by atoms with Crippen LogP contribution < -0.4 is 20.5 Å². The molecule has 0 radical (unpaired) electrons. The Kier molecular flexibility index (Phi) is 3.14. The van der Waals surface area contributed by atoms with E-state index < -0.39 is 0 Å². The van der Waals surface area contributed by atoms with Gasteiger partial charge < -0.3 is 20.5 Å². The second-order valence-corrected chi connectivity index (χ2v) is 5.20. The second-order valence-electron chi connectivity index (χ2n) is 5.20. The van der Waals surface area contributed by atoms with Crippen LogP contribution in [-0.2, 0) is 0 Å². The zero-order valence-electron chi connectivity index (χ0n) is 11.8. The number of benzene rings is 1. The molecule has 0 atom stereocenters. The fraction of sp³-hybridized carbons (Fsp3) is 0.400. The SMILES string of the molecule is COc1cc2ccnc(NC3(CN)CC3)c2cc1OC. The number of rotatable bonds is 5. The van der Waals surface area contributed by atoms with Crippen LogP contribution in [0.25, 0.3) is 10.8 Å². The van der Waals surface area contributed by atoms with Crippen molar-refractivity contribution in [3.05, 3.63) is 24.4 Å². The van der Waals surface area contributed by atoms with Gasteiger partial charge in [0.2, 0.25) is 0 Å². The summed E-state index contributed by atoms with van der Waals surface area (Å²) in [5.74, 6) is 2.28. The van der Waals surface area contributed by atoms with Crippen molar-refractivity contribution in [2.24, 2.45) is 5.73 Å². The Bertz CT molecular complexity index is 638. The van der Waals surface area contributed by atoms with Gasteiger partial charge in [-0.15, -0.1) is 0 Å². The van der Waals surface area contributed by atoms with Gasteiger partial charge in [0.25, 0.3) is 0 Å². The number of aromatic nitrogens is 1. The third-order valence-electron chi connectivity index (χ3n) is 3.90. The van der Waals surface area contributed by atoms with Gasteiger partial charge in [-0.1, -0.05) is 0 Å². The van der Waals surface area contributed by atoms with Gasteiger partial charge >= 0.3 is 0 Å². The molecule has 20 heavy (non-hydrogen) atoms. The lowest BCUT2D eigenvalue weighted by Gasteiger charge is -2.18. The van der Waals surface area contributed by atoms with E-state index >= 15 is 0 Å². The van der Waals surface area contributed by atoms with Crippen molar-refractivity contribution in [3.63, 3.8) is 0 Å². The first-order chi connectivity index (χ1) is 9.71. The van der Waals surface area contributed by atoms with Crippen molar-refractivity contribution in [2.45, 2.75) is 18.4 Å². The normalized spacial score (nSPS) is 15.9. The quantitative estimate of drug-likeness (QED) is 0.873. The minimum Gasteiger partial charge on any atom is -0.493 e. The van der Waals surface area contributed by atoms with Crippen LogP contribution in [0.3, 0.4) is 0 Å². The highest BCUT2D eigenvalue weighted by atomic mass is 16.5. The van der Waals surface area contributed by atoms with E-state index in [4.69, 9.17) is 15.2 Å². The average Bonchev–Trinajstić information content (AvgIpc) is 3.26. The summed E-state index contributed by atoms with van der Waals surface area (Å²) in [7, 11) is 3.27.